The lowest BCUT2D eigenvalue weighted by atomic mass is 10.1. The fourth-order valence-corrected chi connectivity index (χ4v) is 1.19. The summed E-state index contributed by atoms with van der Waals surface area (Å²) in [5.41, 5.74) is 1.27. The second-order valence-electron chi connectivity index (χ2n) is 2.69. The van der Waals surface area contributed by atoms with Gasteiger partial charge in [0.05, 0.1) is 17.5 Å². The first-order valence-electron chi connectivity index (χ1n) is 3.96. The standard InChI is InChI=1S/C9H7N3O2/c13-9(14)7-2-1-3-10-8(7)6-4-11-12-5-6/h1-5H,(H,11,12)(H,13,14). The van der Waals surface area contributed by atoms with Crippen LogP contribution in [0.4, 0.5) is 0 Å². The Morgan fingerprint density at radius 3 is 3.00 bits per heavy atom. The van der Waals surface area contributed by atoms with E-state index in [4.69, 9.17) is 5.11 Å². The molecule has 0 atom stereocenters. The first-order valence-corrected chi connectivity index (χ1v) is 3.96. The topological polar surface area (TPSA) is 78.9 Å². The Balaban J connectivity index is 2.58. The monoisotopic (exact) mass is 189 g/mol. The van der Waals surface area contributed by atoms with Crippen LogP contribution < -0.4 is 0 Å². The Bertz CT molecular complexity index is 451. The van der Waals surface area contributed by atoms with Crippen molar-refractivity contribution in [3.05, 3.63) is 36.3 Å². The molecule has 2 aromatic heterocycles. The fourth-order valence-electron chi connectivity index (χ4n) is 1.19. The number of carbonyl (C=O) groups is 1. The summed E-state index contributed by atoms with van der Waals surface area (Å²) in [7, 11) is 0. The molecule has 0 unspecified atom stereocenters. The molecule has 5 heteroatoms. The van der Waals surface area contributed by atoms with E-state index in [9.17, 15) is 4.79 Å². The van der Waals surface area contributed by atoms with Gasteiger partial charge in [0.2, 0.25) is 0 Å². The van der Waals surface area contributed by atoms with Crippen molar-refractivity contribution in [3.8, 4) is 11.3 Å². The van der Waals surface area contributed by atoms with Gasteiger partial charge in [0, 0.05) is 18.0 Å². The number of aromatic nitrogens is 3. The molecule has 2 N–H and O–H groups in total. The molecule has 0 amide bonds. The maximum Gasteiger partial charge on any atom is 0.337 e. The fraction of sp³-hybridized carbons (Fsp3) is 0. The second-order valence-corrected chi connectivity index (χ2v) is 2.69. The van der Waals surface area contributed by atoms with Crippen molar-refractivity contribution in [2.24, 2.45) is 0 Å². The number of pyridine rings is 1. The molecule has 0 saturated carbocycles. The van der Waals surface area contributed by atoms with Crippen LogP contribution in [0.3, 0.4) is 0 Å². The molecule has 0 aliphatic heterocycles. The Morgan fingerprint density at radius 1 is 1.50 bits per heavy atom. The Morgan fingerprint density at radius 2 is 2.36 bits per heavy atom. The van der Waals surface area contributed by atoms with Crippen LogP contribution in [-0.2, 0) is 0 Å². The predicted octanol–water partition coefficient (Wildman–Crippen LogP) is 1.17. The number of hydrogen-bond acceptors (Lipinski definition) is 3. The van der Waals surface area contributed by atoms with Crippen LogP contribution >= 0.6 is 0 Å². The SMILES string of the molecule is O=C(O)c1cccnc1-c1cn[nH]c1. The van der Waals surface area contributed by atoms with Gasteiger partial charge in [-0.25, -0.2) is 4.79 Å². The highest BCUT2D eigenvalue weighted by Crippen LogP contribution is 2.19. The smallest absolute Gasteiger partial charge is 0.337 e. The van der Waals surface area contributed by atoms with Crippen LogP contribution in [0.15, 0.2) is 30.7 Å². The van der Waals surface area contributed by atoms with Crippen molar-refractivity contribution in [3.63, 3.8) is 0 Å². The van der Waals surface area contributed by atoms with Gasteiger partial charge in [0.1, 0.15) is 0 Å². The van der Waals surface area contributed by atoms with Crippen LogP contribution in [-0.4, -0.2) is 26.3 Å². The van der Waals surface area contributed by atoms with Gasteiger partial charge in [0.25, 0.3) is 0 Å². The highest BCUT2D eigenvalue weighted by molar-refractivity contribution is 5.94. The molecule has 0 saturated heterocycles. The van der Waals surface area contributed by atoms with Gasteiger partial charge in [-0.05, 0) is 12.1 Å². The van der Waals surface area contributed by atoms with Crippen molar-refractivity contribution in [2.45, 2.75) is 0 Å². The summed E-state index contributed by atoms with van der Waals surface area (Å²) in [5.74, 6) is -0.991. The van der Waals surface area contributed by atoms with E-state index in [2.05, 4.69) is 15.2 Å². The summed E-state index contributed by atoms with van der Waals surface area (Å²) in [6, 6.07) is 3.10. The predicted molar refractivity (Wildman–Crippen MR) is 48.8 cm³/mol. The minimum absolute atomic E-state index is 0.175. The van der Waals surface area contributed by atoms with Gasteiger partial charge in [-0.1, -0.05) is 0 Å². The summed E-state index contributed by atoms with van der Waals surface area (Å²) in [6.45, 7) is 0. The van der Waals surface area contributed by atoms with Crippen LogP contribution in [0.1, 0.15) is 10.4 Å². The van der Waals surface area contributed by atoms with E-state index in [0.717, 1.165) is 0 Å². The molecule has 0 fully saturated rings. The quantitative estimate of drug-likeness (QED) is 0.743. The third-order valence-corrected chi connectivity index (χ3v) is 1.81. The minimum Gasteiger partial charge on any atom is -0.478 e. The number of hydrogen-bond donors (Lipinski definition) is 2. The van der Waals surface area contributed by atoms with Gasteiger partial charge in [-0.15, -0.1) is 0 Å². The number of carboxylic acids is 1. The van der Waals surface area contributed by atoms with Crippen molar-refractivity contribution >= 4 is 5.97 Å². The molecule has 5 nitrogen and oxygen atoms in total. The molecule has 0 aliphatic carbocycles. The third kappa shape index (κ3) is 1.35. The molecular weight excluding hydrogens is 182 g/mol. The summed E-state index contributed by atoms with van der Waals surface area (Å²) in [4.78, 5) is 14.8. The maximum atomic E-state index is 10.8. The van der Waals surface area contributed by atoms with E-state index in [1.165, 1.54) is 12.3 Å². The van der Waals surface area contributed by atoms with Crippen LogP contribution in [0, 0.1) is 0 Å². The second kappa shape index (κ2) is 3.29. The zero-order chi connectivity index (χ0) is 9.97. The average molecular weight is 189 g/mol. The maximum absolute atomic E-state index is 10.8. The van der Waals surface area contributed by atoms with Gasteiger partial charge < -0.3 is 5.11 Å². The number of nitrogens with one attached hydrogen (secondary N) is 1. The normalized spacial score (nSPS) is 10.0. The molecule has 2 heterocycles. The largest absolute Gasteiger partial charge is 0.478 e. The molecule has 14 heavy (non-hydrogen) atoms. The number of nitrogens with zero attached hydrogens (tertiary/aromatic N) is 2. The molecule has 0 radical (unpaired) electrons. The molecule has 0 spiro atoms. The van der Waals surface area contributed by atoms with Gasteiger partial charge in [0.15, 0.2) is 0 Å². The number of H-pyrrole nitrogens is 1. The lowest BCUT2D eigenvalue weighted by Crippen LogP contribution is -2.00. The molecule has 70 valence electrons. The van der Waals surface area contributed by atoms with Gasteiger partial charge >= 0.3 is 5.97 Å². The molecular formula is C9H7N3O2. The zero-order valence-corrected chi connectivity index (χ0v) is 7.14. The van der Waals surface area contributed by atoms with Crippen LogP contribution in [0.2, 0.25) is 0 Å². The lowest BCUT2D eigenvalue weighted by molar-refractivity contribution is 0.0697. The van der Waals surface area contributed by atoms with E-state index < -0.39 is 5.97 Å². The number of aromatic amines is 1. The first-order chi connectivity index (χ1) is 6.79. The Hall–Kier alpha value is -2.17. The van der Waals surface area contributed by atoms with Crippen molar-refractivity contribution < 1.29 is 9.90 Å². The summed E-state index contributed by atoms with van der Waals surface area (Å²) in [6.07, 6.45) is 4.69. The Kier molecular flexibility index (Phi) is 1.98. The van der Waals surface area contributed by atoms with Gasteiger partial charge in [-0.2, -0.15) is 5.10 Å². The lowest BCUT2D eigenvalue weighted by Gasteiger charge is -2.00. The van der Waals surface area contributed by atoms with Gasteiger partial charge in [-0.3, -0.25) is 10.1 Å². The summed E-state index contributed by atoms with van der Waals surface area (Å²) < 4.78 is 0. The molecule has 2 aromatic rings. The molecule has 0 bridgehead atoms. The number of carboxylic acid groups (broad SMARTS) is 1. The summed E-state index contributed by atoms with van der Waals surface area (Å²) >= 11 is 0. The summed E-state index contributed by atoms with van der Waals surface area (Å²) in [5, 5.41) is 15.2. The molecule has 2 rings (SSSR count). The van der Waals surface area contributed by atoms with Crippen molar-refractivity contribution in [2.75, 3.05) is 0 Å². The zero-order valence-electron chi connectivity index (χ0n) is 7.14. The van der Waals surface area contributed by atoms with E-state index in [1.54, 1.807) is 18.5 Å². The van der Waals surface area contributed by atoms with Crippen molar-refractivity contribution in [1.82, 2.24) is 15.2 Å². The minimum atomic E-state index is -0.991. The number of rotatable bonds is 2. The number of aromatic carboxylic acids is 1. The highest BCUT2D eigenvalue weighted by atomic mass is 16.4. The Labute approximate surface area is 79.4 Å². The third-order valence-electron chi connectivity index (χ3n) is 1.81. The first kappa shape index (κ1) is 8.43. The van der Waals surface area contributed by atoms with Crippen LogP contribution in [0.5, 0.6) is 0 Å². The highest BCUT2D eigenvalue weighted by Gasteiger charge is 2.12. The van der Waals surface area contributed by atoms with E-state index in [-0.39, 0.29) is 5.56 Å². The van der Waals surface area contributed by atoms with Crippen LogP contribution in [0.25, 0.3) is 11.3 Å². The van der Waals surface area contributed by atoms with E-state index in [1.807, 2.05) is 0 Å². The average Bonchev–Trinajstić information content (AvgIpc) is 2.70. The van der Waals surface area contributed by atoms with E-state index in [0.29, 0.717) is 11.3 Å². The van der Waals surface area contributed by atoms with E-state index >= 15 is 0 Å². The molecule has 0 aromatic carbocycles. The van der Waals surface area contributed by atoms with Crippen molar-refractivity contribution in [1.29, 1.82) is 0 Å². The molecule has 0 aliphatic rings.